The summed E-state index contributed by atoms with van der Waals surface area (Å²) < 4.78 is 1.13. The Kier molecular flexibility index (Phi) is 3.79. The number of halogens is 1. The van der Waals surface area contributed by atoms with E-state index in [4.69, 9.17) is 0 Å². The van der Waals surface area contributed by atoms with Gasteiger partial charge in [0.05, 0.1) is 0 Å². The zero-order valence-electron chi connectivity index (χ0n) is 9.41. The highest BCUT2D eigenvalue weighted by Gasteiger charge is 1.98. The van der Waals surface area contributed by atoms with Crippen LogP contribution >= 0.6 is 15.9 Å². The maximum Gasteiger partial charge on any atom is 0.0181 e. The van der Waals surface area contributed by atoms with Gasteiger partial charge in [0.15, 0.2) is 0 Å². The Morgan fingerprint density at radius 1 is 0.938 bits per heavy atom. The van der Waals surface area contributed by atoms with Crippen molar-refractivity contribution in [1.29, 1.82) is 0 Å². The minimum absolute atomic E-state index is 1.13. The van der Waals surface area contributed by atoms with Gasteiger partial charge in [0.25, 0.3) is 0 Å². The Morgan fingerprint density at radius 2 is 1.69 bits per heavy atom. The minimum Gasteiger partial charge on any atom is -0.0651 e. The first kappa shape index (κ1) is 11.4. The van der Waals surface area contributed by atoms with Crippen LogP contribution in [0.5, 0.6) is 0 Å². The SMILES string of the molecule is CCCc1ccc(-c2cccc(Br)c2)cc1. The van der Waals surface area contributed by atoms with Gasteiger partial charge in [0.1, 0.15) is 0 Å². The zero-order chi connectivity index (χ0) is 11.4. The van der Waals surface area contributed by atoms with Crippen molar-refractivity contribution in [1.82, 2.24) is 0 Å². The van der Waals surface area contributed by atoms with Crippen LogP contribution in [0.2, 0.25) is 0 Å². The van der Waals surface area contributed by atoms with E-state index in [9.17, 15) is 0 Å². The molecule has 0 saturated heterocycles. The quantitative estimate of drug-likeness (QED) is 0.733. The molecular formula is C15H15Br. The average Bonchev–Trinajstić information content (AvgIpc) is 2.30. The molecule has 16 heavy (non-hydrogen) atoms. The molecule has 82 valence electrons. The van der Waals surface area contributed by atoms with E-state index in [2.05, 4.69) is 71.4 Å². The fraction of sp³-hybridized carbons (Fsp3) is 0.200. The molecule has 0 radical (unpaired) electrons. The highest BCUT2D eigenvalue weighted by Crippen LogP contribution is 2.23. The van der Waals surface area contributed by atoms with Gasteiger partial charge in [-0.25, -0.2) is 0 Å². The molecule has 0 spiro atoms. The molecule has 0 atom stereocenters. The molecule has 0 amide bonds. The second-order valence-corrected chi connectivity index (χ2v) is 4.87. The molecule has 0 bridgehead atoms. The summed E-state index contributed by atoms with van der Waals surface area (Å²) in [5, 5.41) is 0. The molecular weight excluding hydrogens is 260 g/mol. The standard InChI is InChI=1S/C15H15Br/c1-2-4-12-7-9-13(10-8-12)14-5-3-6-15(16)11-14/h3,5-11H,2,4H2,1H3. The Morgan fingerprint density at radius 3 is 2.31 bits per heavy atom. The third-order valence-corrected chi connectivity index (χ3v) is 3.14. The molecule has 0 aliphatic heterocycles. The van der Waals surface area contributed by atoms with E-state index in [-0.39, 0.29) is 0 Å². The number of aryl methyl sites for hydroxylation is 1. The third-order valence-electron chi connectivity index (χ3n) is 2.65. The molecule has 1 heteroatoms. The van der Waals surface area contributed by atoms with Gasteiger partial charge in [-0.2, -0.15) is 0 Å². The highest BCUT2D eigenvalue weighted by molar-refractivity contribution is 9.10. The van der Waals surface area contributed by atoms with Crippen molar-refractivity contribution in [2.24, 2.45) is 0 Å². The second-order valence-electron chi connectivity index (χ2n) is 3.96. The Labute approximate surface area is 105 Å². The first-order chi connectivity index (χ1) is 7.79. The van der Waals surface area contributed by atoms with Crippen LogP contribution < -0.4 is 0 Å². The summed E-state index contributed by atoms with van der Waals surface area (Å²) >= 11 is 3.50. The molecule has 0 aromatic heterocycles. The minimum atomic E-state index is 1.13. The van der Waals surface area contributed by atoms with Gasteiger partial charge in [-0.3, -0.25) is 0 Å². The molecule has 0 aliphatic rings. The van der Waals surface area contributed by atoms with Crippen molar-refractivity contribution in [3.8, 4) is 11.1 Å². The predicted octanol–water partition coefficient (Wildman–Crippen LogP) is 5.07. The molecule has 0 heterocycles. The lowest BCUT2D eigenvalue weighted by Gasteiger charge is -2.04. The lowest BCUT2D eigenvalue weighted by Crippen LogP contribution is -1.83. The Balaban J connectivity index is 2.27. The van der Waals surface area contributed by atoms with E-state index in [0.717, 1.165) is 4.47 Å². The van der Waals surface area contributed by atoms with Crippen molar-refractivity contribution >= 4 is 15.9 Å². The molecule has 0 aliphatic carbocycles. The van der Waals surface area contributed by atoms with E-state index in [1.165, 1.54) is 29.5 Å². The maximum atomic E-state index is 3.50. The molecule has 0 fully saturated rings. The smallest absolute Gasteiger partial charge is 0.0181 e. The van der Waals surface area contributed by atoms with E-state index in [0.29, 0.717) is 0 Å². The van der Waals surface area contributed by atoms with Gasteiger partial charge in [-0.1, -0.05) is 65.7 Å². The molecule has 2 aromatic rings. The third kappa shape index (κ3) is 2.73. The van der Waals surface area contributed by atoms with Crippen LogP contribution in [0.1, 0.15) is 18.9 Å². The highest BCUT2D eigenvalue weighted by atomic mass is 79.9. The lowest BCUT2D eigenvalue weighted by atomic mass is 10.0. The van der Waals surface area contributed by atoms with E-state index >= 15 is 0 Å². The van der Waals surface area contributed by atoms with Crippen LogP contribution in [0, 0.1) is 0 Å². The normalized spacial score (nSPS) is 10.4. The second kappa shape index (κ2) is 5.31. The Bertz CT molecular complexity index is 457. The van der Waals surface area contributed by atoms with Crippen molar-refractivity contribution in [3.63, 3.8) is 0 Å². The fourth-order valence-electron chi connectivity index (χ4n) is 1.82. The van der Waals surface area contributed by atoms with Gasteiger partial charge >= 0.3 is 0 Å². The van der Waals surface area contributed by atoms with Crippen molar-refractivity contribution in [2.75, 3.05) is 0 Å². The monoisotopic (exact) mass is 274 g/mol. The van der Waals surface area contributed by atoms with Gasteiger partial charge in [-0.15, -0.1) is 0 Å². The zero-order valence-corrected chi connectivity index (χ0v) is 11.0. The van der Waals surface area contributed by atoms with Crippen LogP contribution in [-0.4, -0.2) is 0 Å². The van der Waals surface area contributed by atoms with E-state index in [1.54, 1.807) is 0 Å². The van der Waals surface area contributed by atoms with Gasteiger partial charge < -0.3 is 0 Å². The molecule has 0 saturated carbocycles. The largest absolute Gasteiger partial charge is 0.0651 e. The number of hydrogen-bond acceptors (Lipinski definition) is 0. The first-order valence-electron chi connectivity index (χ1n) is 5.64. The summed E-state index contributed by atoms with van der Waals surface area (Å²) in [4.78, 5) is 0. The number of rotatable bonds is 3. The van der Waals surface area contributed by atoms with Crippen LogP contribution in [0.25, 0.3) is 11.1 Å². The summed E-state index contributed by atoms with van der Waals surface area (Å²) in [6, 6.07) is 17.3. The summed E-state index contributed by atoms with van der Waals surface area (Å²) in [6.45, 7) is 2.21. The van der Waals surface area contributed by atoms with E-state index in [1.807, 2.05) is 0 Å². The van der Waals surface area contributed by atoms with Crippen LogP contribution in [0.15, 0.2) is 53.0 Å². The Hall–Kier alpha value is -1.08. The predicted molar refractivity (Wildman–Crippen MR) is 73.6 cm³/mol. The van der Waals surface area contributed by atoms with Crippen molar-refractivity contribution in [3.05, 3.63) is 58.6 Å². The summed E-state index contributed by atoms with van der Waals surface area (Å²) in [5.41, 5.74) is 3.96. The number of hydrogen-bond donors (Lipinski definition) is 0. The van der Waals surface area contributed by atoms with Crippen LogP contribution in [0.3, 0.4) is 0 Å². The van der Waals surface area contributed by atoms with Crippen molar-refractivity contribution < 1.29 is 0 Å². The maximum absolute atomic E-state index is 3.50. The van der Waals surface area contributed by atoms with Gasteiger partial charge in [0, 0.05) is 4.47 Å². The molecule has 0 nitrogen and oxygen atoms in total. The van der Waals surface area contributed by atoms with Gasteiger partial charge in [0.2, 0.25) is 0 Å². The topological polar surface area (TPSA) is 0 Å². The molecule has 2 rings (SSSR count). The lowest BCUT2D eigenvalue weighted by molar-refractivity contribution is 0.922. The molecule has 0 N–H and O–H groups in total. The summed E-state index contributed by atoms with van der Waals surface area (Å²) in [6.07, 6.45) is 2.37. The summed E-state index contributed by atoms with van der Waals surface area (Å²) in [7, 11) is 0. The van der Waals surface area contributed by atoms with Crippen molar-refractivity contribution in [2.45, 2.75) is 19.8 Å². The number of benzene rings is 2. The summed E-state index contributed by atoms with van der Waals surface area (Å²) in [5.74, 6) is 0. The van der Waals surface area contributed by atoms with Gasteiger partial charge in [-0.05, 0) is 35.2 Å². The fourth-order valence-corrected chi connectivity index (χ4v) is 2.22. The molecule has 2 aromatic carbocycles. The first-order valence-corrected chi connectivity index (χ1v) is 6.44. The van der Waals surface area contributed by atoms with Crippen LogP contribution in [0.4, 0.5) is 0 Å². The van der Waals surface area contributed by atoms with E-state index < -0.39 is 0 Å². The van der Waals surface area contributed by atoms with Crippen LogP contribution in [-0.2, 0) is 6.42 Å². The average molecular weight is 275 g/mol. The molecule has 0 unspecified atom stereocenters.